The second kappa shape index (κ2) is 4.84. The predicted octanol–water partition coefficient (Wildman–Crippen LogP) is 1.60. The molecule has 2 N–H and O–H groups in total. The Morgan fingerprint density at radius 1 is 1.59 bits per heavy atom. The molecule has 2 aliphatic rings. The smallest absolute Gasteiger partial charge is 0.191 e. The van der Waals surface area contributed by atoms with Crippen LogP contribution in [-0.4, -0.2) is 42.2 Å². The Balaban J connectivity index is 2.02. The van der Waals surface area contributed by atoms with E-state index < -0.39 is 0 Å². The van der Waals surface area contributed by atoms with E-state index in [-0.39, 0.29) is 5.54 Å². The van der Waals surface area contributed by atoms with Gasteiger partial charge in [-0.2, -0.15) is 0 Å². The molecule has 0 spiro atoms. The molecule has 0 saturated carbocycles. The minimum atomic E-state index is 0.0875. The summed E-state index contributed by atoms with van der Waals surface area (Å²) in [6.45, 7) is 9.40. The standard InChI is InChI=1S/C13H25N3O/c1-10(2)7-13(3)9-15-12(14)16(13)8-11-5-4-6-17-11/h10-11H,4-9H2,1-3H3,(H2,14,15). The van der Waals surface area contributed by atoms with Crippen molar-refractivity contribution in [1.82, 2.24) is 4.90 Å². The third kappa shape index (κ3) is 2.73. The van der Waals surface area contributed by atoms with E-state index in [1.807, 2.05) is 0 Å². The van der Waals surface area contributed by atoms with Crippen molar-refractivity contribution in [3.63, 3.8) is 0 Å². The van der Waals surface area contributed by atoms with Crippen LogP contribution in [0.5, 0.6) is 0 Å². The normalized spacial score (nSPS) is 33.5. The highest BCUT2D eigenvalue weighted by atomic mass is 16.5. The van der Waals surface area contributed by atoms with E-state index in [0.29, 0.717) is 18.0 Å². The second-order valence-corrected chi connectivity index (χ2v) is 6.01. The predicted molar refractivity (Wildman–Crippen MR) is 70.0 cm³/mol. The van der Waals surface area contributed by atoms with Gasteiger partial charge in [0.15, 0.2) is 5.96 Å². The summed E-state index contributed by atoms with van der Waals surface area (Å²) < 4.78 is 5.71. The lowest BCUT2D eigenvalue weighted by atomic mass is 9.89. The molecule has 4 heteroatoms. The fraction of sp³-hybridized carbons (Fsp3) is 0.923. The molecule has 2 aliphatic heterocycles. The summed E-state index contributed by atoms with van der Waals surface area (Å²) in [4.78, 5) is 6.70. The molecule has 0 aromatic heterocycles. The van der Waals surface area contributed by atoms with Crippen molar-refractivity contribution >= 4 is 5.96 Å². The fourth-order valence-corrected chi connectivity index (χ4v) is 3.06. The van der Waals surface area contributed by atoms with Crippen molar-refractivity contribution in [3.8, 4) is 0 Å². The molecule has 2 unspecified atom stereocenters. The number of aliphatic imine (C=N–C) groups is 1. The molecular formula is C13H25N3O. The number of guanidine groups is 1. The SMILES string of the molecule is CC(C)CC1(C)CN=C(N)N1CC1CCCO1. The molecule has 98 valence electrons. The molecule has 0 amide bonds. The third-order valence-corrected chi connectivity index (χ3v) is 3.77. The van der Waals surface area contributed by atoms with Crippen molar-refractivity contribution in [2.24, 2.45) is 16.6 Å². The molecule has 2 atom stereocenters. The summed E-state index contributed by atoms with van der Waals surface area (Å²) in [5.41, 5.74) is 6.12. The van der Waals surface area contributed by atoms with Crippen molar-refractivity contribution in [1.29, 1.82) is 0 Å². The molecule has 2 heterocycles. The van der Waals surface area contributed by atoms with Crippen LogP contribution in [0.4, 0.5) is 0 Å². The van der Waals surface area contributed by atoms with Gasteiger partial charge in [0.25, 0.3) is 0 Å². The first kappa shape index (κ1) is 12.7. The first-order chi connectivity index (χ1) is 8.01. The summed E-state index contributed by atoms with van der Waals surface area (Å²) in [6.07, 6.45) is 3.80. The largest absolute Gasteiger partial charge is 0.376 e. The van der Waals surface area contributed by atoms with E-state index in [1.54, 1.807) is 0 Å². The number of nitrogens with two attached hydrogens (primary N) is 1. The molecule has 4 nitrogen and oxygen atoms in total. The molecule has 0 radical (unpaired) electrons. The Kier molecular flexibility index (Phi) is 3.61. The second-order valence-electron chi connectivity index (χ2n) is 6.01. The van der Waals surface area contributed by atoms with E-state index >= 15 is 0 Å². The Morgan fingerprint density at radius 2 is 2.35 bits per heavy atom. The van der Waals surface area contributed by atoms with Gasteiger partial charge in [0.1, 0.15) is 0 Å². The van der Waals surface area contributed by atoms with Crippen molar-refractivity contribution < 1.29 is 4.74 Å². The van der Waals surface area contributed by atoms with Gasteiger partial charge in [-0.1, -0.05) is 13.8 Å². The minimum Gasteiger partial charge on any atom is -0.376 e. The molecule has 1 saturated heterocycles. The van der Waals surface area contributed by atoms with Crippen LogP contribution in [0.15, 0.2) is 4.99 Å². The van der Waals surface area contributed by atoms with Gasteiger partial charge < -0.3 is 15.4 Å². The molecule has 2 rings (SSSR count). The van der Waals surface area contributed by atoms with E-state index in [4.69, 9.17) is 10.5 Å². The van der Waals surface area contributed by atoms with Crippen LogP contribution in [0.1, 0.15) is 40.0 Å². The van der Waals surface area contributed by atoms with Gasteiger partial charge >= 0.3 is 0 Å². The third-order valence-electron chi connectivity index (χ3n) is 3.77. The Hall–Kier alpha value is -0.770. The van der Waals surface area contributed by atoms with E-state index in [0.717, 1.165) is 32.5 Å². The zero-order valence-corrected chi connectivity index (χ0v) is 11.3. The summed E-state index contributed by atoms with van der Waals surface area (Å²) in [7, 11) is 0. The lowest BCUT2D eigenvalue weighted by Gasteiger charge is -2.38. The number of hydrogen-bond donors (Lipinski definition) is 1. The highest BCUT2D eigenvalue weighted by Crippen LogP contribution is 2.30. The molecule has 0 aliphatic carbocycles. The average Bonchev–Trinajstić information content (AvgIpc) is 2.81. The Morgan fingerprint density at radius 3 is 2.94 bits per heavy atom. The van der Waals surface area contributed by atoms with Crippen LogP contribution < -0.4 is 5.73 Å². The van der Waals surface area contributed by atoms with Crippen LogP contribution in [0.3, 0.4) is 0 Å². The maximum atomic E-state index is 6.03. The monoisotopic (exact) mass is 239 g/mol. The quantitative estimate of drug-likeness (QED) is 0.810. The fourth-order valence-electron chi connectivity index (χ4n) is 3.06. The lowest BCUT2D eigenvalue weighted by Crippen LogP contribution is -2.52. The average molecular weight is 239 g/mol. The first-order valence-corrected chi connectivity index (χ1v) is 6.70. The van der Waals surface area contributed by atoms with Gasteiger partial charge in [0.05, 0.1) is 18.2 Å². The molecule has 1 fully saturated rings. The Bertz CT molecular complexity index is 297. The molecule has 0 bridgehead atoms. The van der Waals surface area contributed by atoms with Crippen molar-refractivity contribution in [3.05, 3.63) is 0 Å². The van der Waals surface area contributed by atoms with Gasteiger partial charge in [-0.05, 0) is 32.1 Å². The van der Waals surface area contributed by atoms with E-state index in [2.05, 4.69) is 30.7 Å². The van der Waals surface area contributed by atoms with Crippen LogP contribution in [0.25, 0.3) is 0 Å². The van der Waals surface area contributed by atoms with Crippen LogP contribution in [0, 0.1) is 5.92 Å². The van der Waals surface area contributed by atoms with Crippen molar-refractivity contribution in [2.45, 2.75) is 51.7 Å². The van der Waals surface area contributed by atoms with Crippen LogP contribution in [0.2, 0.25) is 0 Å². The summed E-state index contributed by atoms with van der Waals surface area (Å²) in [6, 6.07) is 0. The number of hydrogen-bond acceptors (Lipinski definition) is 4. The van der Waals surface area contributed by atoms with Gasteiger partial charge in [-0.3, -0.25) is 4.99 Å². The molecule has 0 aromatic rings. The summed E-state index contributed by atoms with van der Waals surface area (Å²) >= 11 is 0. The number of ether oxygens (including phenoxy) is 1. The Labute approximate surface area is 104 Å². The number of nitrogens with zero attached hydrogens (tertiary/aromatic N) is 2. The van der Waals surface area contributed by atoms with Crippen molar-refractivity contribution in [2.75, 3.05) is 19.7 Å². The molecule has 17 heavy (non-hydrogen) atoms. The van der Waals surface area contributed by atoms with E-state index in [1.165, 1.54) is 6.42 Å². The van der Waals surface area contributed by atoms with Gasteiger partial charge in [0, 0.05) is 13.2 Å². The zero-order valence-electron chi connectivity index (χ0n) is 11.3. The number of rotatable bonds is 4. The highest BCUT2D eigenvalue weighted by Gasteiger charge is 2.39. The molecular weight excluding hydrogens is 214 g/mol. The summed E-state index contributed by atoms with van der Waals surface area (Å²) in [5, 5.41) is 0. The van der Waals surface area contributed by atoms with Gasteiger partial charge in [-0.15, -0.1) is 0 Å². The van der Waals surface area contributed by atoms with Crippen LogP contribution in [-0.2, 0) is 4.74 Å². The first-order valence-electron chi connectivity index (χ1n) is 6.70. The lowest BCUT2D eigenvalue weighted by molar-refractivity contribution is 0.0642. The van der Waals surface area contributed by atoms with Gasteiger partial charge in [-0.25, -0.2) is 0 Å². The molecule has 0 aromatic carbocycles. The maximum absolute atomic E-state index is 6.03. The van der Waals surface area contributed by atoms with Gasteiger partial charge in [0.2, 0.25) is 0 Å². The summed E-state index contributed by atoms with van der Waals surface area (Å²) in [5.74, 6) is 1.36. The topological polar surface area (TPSA) is 50.8 Å². The highest BCUT2D eigenvalue weighted by molar-refractivity contribution is 5.81. The zero-order chi connectivity index (χ0) is 12.5. The maximum Gasteiger partial charge on any atom is 0.191 e. The van der Waals surface area contributed by atoms with Crippen LogP contribution >= 0.6 is 0 Å². The van der Waals surface area contributed by atoms with E-state index in [9.17, 15) is 0 Å². The minimum absolute atomic E-state index is 0.0875.